The number of nitrogens with one attached hydrogen (secondary N) is 1. The molecule has 24 heavy (non-hydrogen) atoms. The van der Waals surface area contributed by atoms with Crippen LogP contribution in [0.5, 0.6) is 0 Å². The van der Waals surface area contributed by atoms with E-state index in [2.05, 4.69) is 10.3 Å². The summed E-state index contributed by atoms with van der Waals surface area (Å²) in [5, 5.41) is 3.53. The van der Waals surface area contributed by atoms with Gasteiger partial charge >= 0.3 is 5.97 Å². The smallest absolute Gasteiger partial charge is 0.337 e. The number of hydrogen-bond acceptors (Lipinski definition) is 5. The van der Waals surface area contributed by atoms with Crippen LogP contribution in [0.1, 0.15) is 32.2 Å². The van der Waals surface area contributed by atoms with Gasteiger partial charge in [-0.15, -0.1) is 0 Å². The lowest BCUT2D eigenvalue weighted by Crippen LogP contribution is -2.13. The van der Waals surface area contributed by atoms with Gasteiger partial charge in [0.25, 0.3) is 5.91 Å². The molecular formula is C18H16N2O4. The van der Waals surface area contributed by atoms with Crippen LogP contribution in [0.3, 0.4) is 0 Å². The zero-order valence-corrected chi connectivity index (χ0v) is 13.5. The van der Waals surface area contributed by atoms with Crippen LogP contribution in [0.4, 0.5) is 5.69 Å². The van der Waals surface area contributed by atoms with Gasteiger partial charge in [-0.3, -0.25) is 9.78 Å². The van der Waals surface area contributed by atoms with Crippen molar-refractivity contribution < 1.29 is 18.7 Å². The number of amides is 1. The summed E-state index contributed by atoms with van der Waals surface area (Å²) in [4.78, 5) is 28.6. The zero-order chi connectivity index (χ0) is 17.3. The first-order valence-corrected chi connectivity index (χ1v) is 7.35. The van der Waals surface area contributed by atoms with Gasteiger partial charge in [0.15, 0.2) is 0 Å². The van der Waals surface area contributed by atoms with Crippen molar-refractivity contribution in [2.75, 3.05) is 12.4 Å². The number of nitrogens with zero attached hydrogens (tertiary/aromatic N) is 1. The third-order valence-corrected chi connectivity index (χ3v) is 3.71. The maximum Gasteiger partial charge on any atom is 0.337 e. The van der Waals surface area contributed by atoms with Gasteiger partial charge in [0, 0.05) is 11.1 Å². The lowest BCUT2D eigenvalue weighted by Gasteiger charge is -2.10. The summed E-state index contributed by atoms with van der Waals surface area (Å²) >= 11 is 0. The number of anilines is 1. The average molecular weight is 324 g/mol. The van der Waals surface area contributed by atoms with Crippen molar-refractivity contribution in [2.24, 2.45) is 0 Å². The van der Waals surface area contributed by atoms with Gasteiger partial charge in [-0.1, -0.05) is 0 Å². The van der Waals surface area contributed by atoms with Crippen LogP contribution in [0.25, 0.3) is 10.9 Å². The Bertz CT molecular complexity index is 943. The predicted molar refractivity (Wildman–Crippen MR) is 89.2 cm³/mol. The molecule has 2 aromatic heterocycles. The molecule has 0 radical (unpaired) electrons. The summed E-state index contributed by atoms with van der Waals surface area (Å²) in [6, 6.07) is 8.41. The molecule has 0 aliphatic carbocycles. The number of aromatic nitrogens is 1. The molecule has 122 valence electrons. The molecule has 0 aliphatic rings. The monoisotopic (exact) mass is 324 g/mol. The highest BCUT2D eigenvalue weighted by Gasteiger charge is 2.15. The number of pyridine rings is 1. The minimum atomic E-state index is -0.444. The van der Waals surface area contributed by atoms with E-state index in [1.165, 1.54) is 13.4 Å². The fourth-order valence-corrected chi connectivity index (χ4v) is 2.52. The van der Waals surface area contributed by atoms with Crippen molar-refractivity contribution in [1.29, 1.82) is 0 Å². The van der Waals surface area contributed by atoms with E-state index in [1.807, 2.05) is 6.92 Å². The third kappa shape index (κ3) is 2.86. The zero-order valence-electron chi connectivity index (χ0n) is 13.5. The van der Waals surface area contributed by atoms with Crippen molar-refractivity contribution in [1.82, 2.24) is 4.98 Å². The predicted octanol–water partition coefficient (Wildman–Crippen LogP) is 3.48. The highest BCUT2D eigenvalue weighted by atomic mass is 16.5. The molecule has 0 aliphatic heterocycles. The van der Waals surface area contributed by atoms with Crippen molar-refractivity contribution in [3.8, 4) is 0 Å². The summed E-state index contributed by atoms with van der Waals surface area (Å²) in [6.45, 7) is 3.56. The third-order valence-electron chi connectivity index (χ3n) is 3.71. The van der Waals surface area contributed by atoms with E-state index in [-0.39, 0.29) is 5.91 Å². The molecule has 0 fully saturated rings. The number of ether oxygens (including phenoxy) is 1. The Hall–Kier alpha value is -3.15. The summed E-state index contributed by atoms with van der Waals surface area (Å²) < 4.78 is 9.91. The second-order valence-electron chi connectivity index (χ2n) is 5.38. The number of aryl methyl sites for hydroxylation is 2. The van der Waals surface area contributed by atoms with E-state index in [0.717, 1.165) is 5.69 Å². The molecule has 1 amide bonds. The van der Waals surface area contributed by atoms with Crippen LogP contribution in [-0.2, 0) is 4.74 Å². The normalized spacial score (nSPS) is 10.6. The lowest BCUT2D eigenvalue weighted by atomic mass is 10.1. The Morgan fingerprint density at radius 1 is 1.17 bits per heavy atom. The maximum atomic E-state index is 12.4. The van der Waals surface area contributed by atoms with Gasteiger partial charge in [-0.25, -0.2) is 4.79 Å². The van der Waals surface area contributed by atoms with E-state index in [9.17, 15) is 9.59 Å². The number of esters is 1. The summed E-state index contributed by atoms with van der Waals surface area (Å²) in [5.74, 6) is -0.185. The molecule has 6 heteroatoms. The van der Waals surface area contributed by atoms with Gasteiger partial charge in [0.05, 0.1) is 35.7 Å². The number of methoxy groups -OCH3 is 1. The van der Waals surface area contributed by atoms with E-state index in [0.29, 0.717) is 33.5 Å². The molecule has 0 unspecified atom stereocenters. The number of benzene rings is 1. The van der Waals surface area contributed by atoms with Crippen molar-refractivity contribution in [2.45, 2.75) is 13.8 Å². The number of fused-ring (bicyclic) bond motifs is 1. The minimum Gasteiger partial charge on any atom is -0.469 e. The SMILES string of the molecule is COC(=O)c1ccc2nc(C)cc(NC(=O)c3ccoc3C)c2c1. The van der Waals surface area contributed by atoms with Gasteiger partial charge < -0.3 is 14.5 Å². The Kier molecular flexibility index (Phi) is 4.04. The number of furan rings is 1. The molecule has 1 N–H and O–H groups in total. The Balaban J connectivity index is 2.07. The van der Waals surface area contributed by atoms with Crippen molar-refractivity contribution >= 4 is 28.5 Å². The molecule has 0 saturated carbocycles. The fraction of sp³-hybridized carbons (Fsp3) is 0.167. The molecule has 0 atom stereocenters. The Morgan fingerprint density at radius 3 is 2.62 bits per heavy atom. The molecule has 0 saturated heterocycles. The largest absolute Gasteiger partial charge is 0.469 e. The maximum absolute atomic E-state index is 12.4. The molecule has 0 spiro atoms. The van der Waals surface area contributed by atoms with E-state index in [4.69, 9.17) is 9.15 Å². The topological polar surface area (TPSA) is 81.4 Å². The molecular weight excluding hydrogens is 308 g/mol. The summed E-state index contributed by atoms with van der Waals surface area (Å²) in [7, 11) is 1.32. The van der Waals surface area contributed by atoms with Gasteiger partial charge in [0.2, 0.25) is 0 Å². The van der Waals surface area contributed by atoms with Gasteiger partial charge in [-0.2, -0.15) is 0 Å². The summed E-state index contributed by atoms with van der Waals surface area (Å²) in [5.41, 5.74) is 2.87. The van der Waals surface area contributed by atoms with Gasteiger partial charge in [-0.05, 0) is 44.2 Å². The molecule has 6 nitrogen and oxygen atoms in total. The number of rotatable bonds is 3. The molecule has 2 heterocycles. The second kappa shape index (κ2) is 6.16. The Morgan fingerprint density at radius 2 is 1.96 bits per heavy atom. The van der Waals surface area contributed by atoms with Crippen LogP contribution in [-0.4, -0.2) is 24.0 Å². The fourth-order valence-electron chi connectivity index (χ4n) is 2.52. The number of carbonyl (C=O) groups excluding carboxylic acids is 2. The molecule has 0 bridgehead atoms. The lowest BCUT2D eigenvalue weighted by molar-refractivity contribution is 0.0601. The van der Waals surface area contributed by atoms with Crippen molar-refractivity contribution in [3.05, 3.63) is 59.2 Å². The quantitative estimate of drug-likeness (QED) is 0.746. The van der Waals surface area contributed by atoms with Crippen LogP contribution < -0.4 is 5.32 Å². The van der Waals surface area contributed by atoms with Crippen LogP contribution in [0, 0.1) is 13.8 Å². The van der Waals surface area contributed by atoms with E-state index >= 15 is 0 Å². The van der Waals surface area contributed by atoms with E-state index < -0.39 is 5.97 Å². The van der Waals surface area contributed by atoms with Gasteiger partial charge in [0.1, 0.15) is 5.76 Å². The van der Waals surface area contributed by atoms with E-state index in [1.54, 1.807) is 37.3 Å². The number of hydrogen-bond donors (Lipinski definition) is 1. The first-order valence-electron chi connectivity index (χ1n) is 7.35. The Labute approximate surface area is 138 Å². The number of carbonyl (C=O) groups is 2. The van der Waals surface area contributed by atoms with Crippen LogP contribution in [0.2, 0.25) is 0 Å². The van der Waals surface area contributed by atoms with Crippen LogP contribution in [0.15, 0.2) is 41.0 Å². The first-order chi connectivity index (χ1) is 11.5. The highest BCUT2D eigenvalue weighted by molar-refractivity contribution is 6.10. The highest BCUT2D eigenvalue weighted by Crippen LogP contribution is 2.26. The first kappa shape index (κ1) is 15.7. The summed E-state index contributed by atoms with van der Waals surface area (Å²) in [6.07, 6.45) is 1.47. The minimum absolute atomic E-state index is 0.281. The molecule has 3 aromatic rings. The standard InChI is InChI=1S/C18H16N2O4/c1-10-8-16(20-17(21)13-6-7-24-11(13)2)14-9-12(18(22)23-3)4-5-15(14)19-10/h4-9H,1-3H3,(H,19,20,21). The van der Waals surface area contributed by atoms with Crippen molar-refractivity contribution in [3.63, 3.8) is 0 Å². The molecule has 1 aromatic carbocycles. The average Bonchev–Trinajstić information content (AvgIpc) is 2.99. The molecule has 3 rings (SSSR count). The second-order valence-corrected chi connectivity index (χ2v) is 5.38. The van der Waals surface area contributed by atoms with Crippen LogP contribution >= 0.6 is 0 Å².